The number of benzene rings is 1. The number of amides is 1. The number of carbonyl (C=O) groups excluding carboxylic acids is 3. The summed E-state index contributed by atoms with van der Waals surface area (Å²) in [7, 11) is 0. The van der Waals surface area contributed by atoms with Crippen LogP contribution >= 0.6 is 0 Å². The van der Waals surface area contributed by atoms with E-state index in [-0.39, 0.29) is 42.1 Å². The third-order valence-corrected chi connectivity index (χ3v) is 5.86. The highest BCUT2D eigenvalue weighted by Crippen LogP contribution is 2.51. The molecule has 2 aliphatic heterocycles. The van der Waals surface area contributed by atoms with Crippen LogP contribution in [0.4, 0.5) is 0 Å². The number of ether oxygens (including phenoxy) is 1. The lowest BCUT2D eigenvalue weighted by atomic mass is 9.72. The molecule has 2 heterocycles. The molecule has 0 saturated carbocycles. The molecule has 2 saturated heterocycles. The molecule has 0 radical (unpaired) electrons. The highest BCUT2D eigenvalue weighted by Gasteiger charge is 2.63. The first-order chi connectivity index (χ1) is 12.5. The van der Waals surface area contributed by atoms with Crippen molar-refractivity contribution in [3.8, 4) is 0 Å². The number of esters is 1. The van der Waals surface area contributed by atoms with Gasteiger partial charge in [-0.15, -0.1) is 0 Å². The average Bonchev–Trinajstić information content (AvgIpc) is 2.90. The third kappa shape index (κ3) is 2.57. The fraction of sp³-hybridized carbons (Fsp3) is 0.476. The number of β-lactam (4-membered cyclic amide) rings is 1. The van der Waals surface area contributed by atoms with E-state index in [2.05, 4.69) is 0 Å². The maximum atomic E-state index is 12.8. The lowest BCUT2D eigenvalue weighted by Crippen LogP contribution is -2.64. The minimum Gasteiger partial charge on any atom is -0.459 e. The summed E-state index contributed by atoms with van der Waals surface area (Å²) in [5.41, 5.74) is 1.68. The lowest BCUT2D eigenvalue weighted by Gasteiger charge is -2.48. The normalized spacial score (nSPS) is 29.8. The molecule has 0 aromatic heterocycles. The van der Waals surface area contributed by atoms with Crippen molar-refractivity contribution in [2.75, 3.05) is 0 Å². The van der Waals surface area contributed by atoms with E-state index in [0.717, 1.165) is 11.1 Å². The maximum Gasteiger partial charge on any atom is 0.333 e. The van der Waals surface area contributed by atoms with Crippen molar-refractivity contribution in [1.29, 1.82) is 0 Å². The summed E-state index contributed by atoms with van der Waals surface area (Å²) in [6, 6.07) is 8.75. The highest BCUT2D eigenvalue weighted by atomic mass is 16.5. The molecule has 0 unspecified atom stereocenters. The Morgan fingerprint density at radius 3 is 2.65 bits per heavy atom. The number of hydrogen-bond acceptors (Lipinski definition) is 4. The maximum absolute atomic E-state index is 12.8. The second kappa shape index (κ2) is 6.38. The molecule has 0 spiro atoms. The van der Waals surface area contributed by atoms with Crippen LogP contribution in [0.2, 0.25) is 0 Å². The summed E-state index contributed by atoms with van der Waals surface area (Å²) >= 11 is 0. The molecule has 1 aliphatic carbocycles. The number of fused-ring (bicyclic) bond motifs is 3. The summed E-state index contributed by atoms with van der Waals surface area (Å²) in [6.45, 7) is 4.25. The molecule has 136 valence electrons. The van der Waals surface area contributed by atoms with E-state index in [0.29, 0.717) is 12.8 Å². The van der Waals surface area contributed by atoms with Gasteiger partial charge in [-0.1, -0.05) is 44.2 Å². The van der Waals surface area contributed by atoms with Crippen LogP contribution in [0.25, 0.3) is 0 Å². The van der Waals surface area contributed by atoms with Crippen LogP contribution in [0.5, 0.6) is 0 Å². The standard InChI is InChI=1S/C21H23NO4/c1-12(2)17-18-15-9-8-14(23)10-16(15)19(22(18)20(17)24)21(25)26-11-13-6-4-3-5-7-13/h3-7,10,12,15,17-19H,8-9,11H2,1-2H3/t15-,17+,18+,19+/m0/s1. The van der Waals surface area contributed by atoms with E-state index < -0.39 is 12.0 Å². The molecule has 1 aromatic carbocycles. The Morgan fingerprint density at radius 2 is 1.96 bits per heavy atom. The number of ketones is 1. The summed E-state index contributed by atoms with van der Waals surface area (Å²) in [5, 5.41) is 0. The van der Waals surface area contributed by atoms with Gasteiger partial charge in [-0.3, -0.25) is 9.59 Å². The number of carbonyl (C=O) groups is 3. The van der Waals surface area contributed by atoms with Crippen molar-refractivity contribution in [3.05, 3.63) is 47.5 Å². The lowest BCUT2D eigenvalue weighted by molar-refractivity contribution is -0.170. The van der Waals surface area contributed by atoms with Crippen molar-refractivity contribution in [1.82, 2.24) is 4.90 Å². The van der Waals surface area contributed by atoms with Crippen molar-refractivity contribution in [3.63, 3.8) is 0 Å². The number of rotatable bonds is 4. The van der Waals surface area contributed by atoms with E-state index >= 15 is 0 Å². The summed E-state index contributed by atoms with van der Waals surface area (Å²) in [5.74, 6) is -0.127. The molecule has 1 aromatic rings. The first kappa shape index (κ1) is 17.0. The molecule has 5 nitrogen and oxygen atoms in total. The quantitative estimate of drug-likeness (QED) is 0.616. The molecule has 0 N–H and O–H groups in total. The zero-order chi connectivity index (χ0) is 18.4. The average molecular weight is 353 g/mol. The van der Waals surface area contributed by atoms with Gasteiger partial charge in [0.25, 0.3) is 0 Å². The van der Waals surface area contributed by atoms with Gasteiger partial charge in [-0.2, -0.15) is 0 Å². The van der Waals surface area contributed by atoms with Crippen LogP contribution in [0, 0.1) is 17.8 Å². The summed E-state index contributed by atoms with van der Waals surface area (Å²) in [6.07, 6.45) is 2.79. The highest BCUT2D eigenvalue weighted by molar-refractivity contribution is 5.99. The van der Waals surface area contributed by atoms with Gasteiger partial charge in [-0.25, -0.2) is 4.79 Å². The monoisotopic (exact) mass is 353 g/mol. The van der Waals surface area contributed by atoms with Gasteiger partial charge < -0.3 is 9.64 Å². The second-order valence-corrected chi connectivity index (χ2v) is 7.76. The van der Waals surface area contributed by atoms with E-state index in [1.54, 1.807) is 11.0 Å². The van der Waals surface area contributed by atoms with Gasteiger partial charge in [0.15, 0.2) is 11.8 Å². The number of allylic oxidation sites excluding steroid dienone is 1. The van der Waals surface area contributed by atoms with Gasteiger partial charge in [0, 0.05) is 12.3 Å². The van der Waals surface area contributed by atoms with Crippen LogP contribution in [-0.2, 0) is 25.7 Å². The van der Waals surface area contributed by atoms with Crippen LogP contribution in [0.3, 0.4) is 0 Å². The minimum atomic E-state index is -0.736. The van der Waals surface area contributed by atoms with E-state index in [4.69, 9.17) is 4.74 Å². The Hall–Kier alpha value is -2.43. The molecular formula is C21H23NO4. The minimum absolute atomic E-state index is 0.00871. The Labute approximate surface area is 153 Å². The van der Waals surface area contributed by atoms with Crippen LogP contribution < -0.4 is 0 Å². The number of hydrogen-bond donors (Lipinski definition) is 0. The molecule has 4 rings (SSSR count). The molecular weight excluding hydrogens is 330 g/mol. The molecule has 1 amide bonds. The van der Waals surface area contributed by atoms with Crippen LogP contribution in [0.1, 0.15) is 32.3 Å². The topological polar surface area (TPSA) is 63.7 Å². The Kier molecular flexibility index (Phi) is 4.17. The third-order valence-electron chi connectivity index (χ3n) is 5.86. The summed E-state index contributed by atoms with van der Waals surface area (Å²) < 4.78 is 5.51. The molecule has 26 heavy (non-hydrogen) atoms. The Bertz CT molecular complexity index is 782. The fourth-order valence-corrected chi connectivity index (χ4v) is 4.68. The first-order valence-electron chi connectivity index (χ1n) is 9.26. The summed E-state index contributed by atoms with van der Waals surface area (Å²) in [4.78, 5) is 39.2. The van der Waals surface area contributed by atoms with E-state index in [9.17, 15) is 14.4 Å². The van der Waals surface area contributed by atoms with Crippen molar-refractivity contribution in [2.45, 2.75) is 45.4 Å². The van der Waals surface area contributed by atoms with Crippen LogP contribution in [0.15, 0.2) is 42.0 Å². The van der Waals surface area contributed by atoms with Gasteiger partial charge in [0.1, 0.15) is 6.61 Å². The molecule has 5 heteroatoms. The largest absolute Gasteiger partial charge is 0.459 e. The van der Waals surface area contributed by atoms with Gasteiger partial charge in [0.05, 0.1) is 12.0 Å². The predicted octanol–water partition coefficient (Wildman–Crippen LogP) is 2.50. The van der Waals surface area contributed by atoms with E-state index in [1.165, 1.54) is 0 Å². The smallest absolute Gasteiger partial charge is 0.333 e. The van der Waals surface area contributed by atoms with Crippen molar-refractivity contribution in [2.24, 2.45) is 17.8 Å². The van der Waals surface area contributed by atoms with Gasteiger partial charge in [0.2, 0.25) is 5.91 Å². The molecule has 0 bridgehead atoms. The molecule has 3 aliphatic rings. The van der Waals surface area contributed by atoms with Crippen molar-refractivity contribution < 1.29 is 19.1 Å². The zero-order valence-corrected chi connectivity index (χ0v) is 15.1. The fourth-order valence-electron chi connectivity index (χ4n) is 4.68. The van der Waals surface area contributed by atoms with Gasteiger partial charge >= 0.3 is 5.97 Å². The molecule has 2 fully saturated rings. The number of nitrogens with zero attached hydrogens (tertiary/aromatic N) is 1. The van der Waals surface area contributed by atoms with E-state index in [1.807, 2.05) is 44.2 Å². The Morgan fingerprint density at radius 1 is 1.23 bits per heavy atom. The SMILES string of the molecule is CC(C)[C@H]1C(=O)N2[C@@H](C(=O)OCc3ccccc3)C3=CC(=O)CC[C@@H]3[C@H]12. The van der Waals surface area contributed by atoms with Crippen molar-refractivity contribution >= 4 is 17.7 Å². The molecule has 4 atom stereocenters. The second-order valence-electron chi connectivity index (χ2n) is 7.76. The van der Waals surface area contributed by atoms with Gasteiger partial charge in [-0.05, 0) is 29.6 Å². The van der Waals surface area contributed by atoms with Crippen LogP contribution in [-0.4, -0.2) is 34.6 Å². The zero-order valence-electron chi connectivity index (χ0n) is 15.1. The predicted molar refractivity (Wildman–Crippen MR) is 94.8 cm³/mol. The first-order valence-corrected chi connectivity index (χ1v) is 9.26. The Balaban J connectivity index is 1.58.